The highest BCUT2D eigenvalue weighted by Gasteiger charge is 2.25. The molecule has 0 aliphatic carbocycles. The molecule has 19 heavy (non-hydrogen) atoms. The highest BCUT2D eigenvalue weighted by atomic mass is 32.2. The van der Waals surface area contributed by atoms with Crippen molar-refractivity contribution in [2.24, 2.45) is 5.14 Å². The molecule has 1 rings (SSSR count). The third-order valence-corrected chi connectivity index (χ3v) is 5.57. The predicted octanol–water partition coefficient (Wildman–Crippen LogP) is -1.20. The Kier molecular flexibility index (Phi) is 4.98. The largest absolute Gasteiger partial charge is 0.476 e. The molecule has 0 amide bonds. The van der Waals surface area contributed by atoms with E-state index in [1.165, 1.54) is 0 Å². The second kappa shape index (κ2) is 5.92. The molecule has 0 saturated carbocycles. The number of hydrogen-bond donors (Lipinski definition) is 3. The van der Waals surface area contributed by atoms with Crippen molar-refractivity contribution in [3.05, 3.63) is 11.2 Å². The molecule has 12 heteroatoms. The molecule has 0 atom stereocenters. The van der Waals surface area contributed by atoms with Gasteiger partial charge in [0.05, 0.1) is 11.3 Å². The average molecular weight is 329 g/mol. The number of sulfonamides is 2. The van der Waals surface area contributed by atoms with Gasteiger partial charge in [0, 0.05) is 6.54 Å². The topological polar surface area (TPSA) is 157 Å². The van der Waals surface area contributed by atoms with Crippen molar-refractivity contribution in [2.45, 2.75) is 10.6 Å². The van der Waals surface area contributed by atoms with E-state index >= 15 is 0 Å². The molecule has 0 aromatic carbocycles. The van der Waals surface area contributed by atoms with Crippen LogP contribution in [-0.2, 0) is 20.0 Å². The Labute approximate surface area is 113 Å². The second-order valence-electron chi connectivity index (χ2n) is 3.41. The van der Waals surface area contributed by atoms with Gasteiger partial charge in [-0.3, -0.25) is 0 Å². The standard InChI is InChI=1S/C7H11N3O6S3/c8-18(13,14)3-1-2-10-19(15,16)7-5(6(11)12)9-4-17-7/h4,10H,1-3H2,(H,11,12)(H2,8,13,14). The van der Waals surface area contributed by atoms with Crippen LogP contribution in [0.2, 0.25) is 0 Å². The molecule has 0 unspecified atom stereocenters. The summed E-state index contributed by atoms with van der Waals surface area (Å²) in [6.07, 6.45) is -0.0146. The van der Waals surface area contributed by atoms with Crippen molar-refractivity contribution in [3.8, 4) is 0 Å². The van der Waals surface area contributed by atoms with E-state index in [9.17, 15) is 21.6 Å². The van der Waals surface area contributed by atoms with E-state index in [0.29, 0.717) is 11.3 Å². The molecule has 1 heterocycles. The Bertz CT molecular complexity index is 662. The van der Waals surface area contributed by atoms with Crippen molar-refractivity contribution < 1.29 is 26.7 Å². The molecule has 0 fully saturated rings. The second-order valence-corrected chi connectivity index (χ2v) is 7.96. The van der Waals surface area contributed by atoms with Gasteiger partial charge in [-0.1, -0.05) is 0 Å². The summed E-state index contributed by atoms with van der Waals surface area (Å²) >= 11 is 0.663. The lowest BCUT2D eigenvalue weighted by Crippen LogP contribution is -2.28. The van der Waals surface area contributed by atoms with Crippen LogP contribution in [0.4, 0.5) is 0 Å². The van der Waals surface area contributed by atoms with Gasteiger partial charge < -0.3 is 5.11 Å². The van der Waals surface area contributed by atoms with Crippen LogP contribution in [0.3, 0.4) is 0 Å². The first-order valence-corrected chi connectivity index (χ1v) is 8.88. The van der Waals surface area contributed by atoms with E-state index in [4.69, 9.17) is 10.2 Å². The number of thiazole rings is 1. The van der Waals surface area contributed by atoms with Gasteiger partial charge in [-0.15, -0.1) is 11.3 Å². The van der Waals surface area contributed by atoms with Crippen LogP contribution in [0.1, 0.15) is 16.9 Å². The van der Waals surface area contributed by atoms with E-state index in [-0.39, 0.29) is 18.7 Å². The zero-order chi connectivity index (χ0) is 14.7. The SMILES string of the molecule is NS(=O)(=O)CCCNS(=O)(=O)c1scnc1C(=O)O. The number of aromatic nitrogens is 1. The Balaban J connectivity index is 2.72. The number of nitrogens with two attached hydrogens (primary N) is 1. The molecule has 0 radical (unpaired) electrons. The van der Waals surface area contributed by atoms with Gasteiger partial charge in [0.1, 0.15) is 0 Å². The Morgan fingerprint density at radius 3 is 2.58 bits per heavy atom. The van der Waals surface area contributed by atoms with Crippen molar-refractivity contribution in [1.29, 1.82) is 0 Å². The number of carboxylic acids is 1. The fourth-order valence-corrected chi connectivity index (χ4v) is 3.92. The maximum Gasteiger partial charge on any atom is 0.356 e. The molecular weight excluding hydrogens is 318 g/mol. The van der Waals surface area contributed by atoms with Crippen LogP contribution < -0.4 is 9.86 Å². The Morgan fingerprint density at radius 1 is 1.42 bits per heavy atom. The zero-order valence-electron chi connectivity index (χ0n) is 9.44. The summed E-state index contributed by atoms with van der Waals surface area (Å²) in [5.41, 5.74) is 0.534. The normalized spacial score (nSPS) is 12.5. The highest BCUT2D eigenvalue weighted by Crippen LogP contribution is 2.19. The van der Waals surface area contributed by atoms with Gasteiger partial charge in [0.25, 0.3) is 10.0 Å². The van der Waals surface area contributed by atoms with Crippen molar-refractivity contribution in [2.75, 3.05) is 12.3 Å². The molecule has 0 aliphatic rings. The average Bonchev–Trinajstić information content (AvgIpc) is 2.72. The van der Waals surface area contributed by atoms with Gasteiger partial charge in [-0.05, 0) is 6.42 Å². The van der Waals surface area contributed by atoms with Crippen LogP contribution in [-0.4, -0.2) is 45.2 Å². The van der Waals surface area contributed by atoms with Gasteiger partial charge in [-0.25, -0.2) is 36.5 Å². The first kappa shape index (κ1) is 16.0. The number of primary sulfonamides is 1. The number of nitrogens with zero attached hydrogens (tertiary/aromatic N) is 1. The first-order valence-electron chi connectivity index (χ1n) is 4.80. The zero-order valence-corrected chi connectivity index (χ0v) is 11.9. The van der Waals surface area contributed by atoms with E-state index in [0.717, 1.165) is 5.51 Å². The number of carboxylic acid groups (broad SMARTS) is 1. The molecule has 1 aromatic heterocycles. The fraction of sp³-hybridized carbons (Fsp3) is 0.429. The quantitative estimate of drug-likeness (QED) is 0.530. The smallest absolute Gasteiger partial charge is 0.356 e. The maximum atomic E-state index is 11.8. The van der Waals surface area contributed by atoms with Crippen molar-refractivity contribution in [3.63, 3.8) is 0 Å². The monoisotopic (exact) mass is 329 g/mol. The van der Waals surface area contributed by atoms with Crippen LogP contribution >= 0.6 is 11.3 Å². The van der Waals surface area contributed by atoms with Crippen LogP contribution in [0.5, 0.6) is 0 Å². The summed E-state index contributed by atoms with van der Waals surface area (Å²) in [7, 11) is -7.68. The maximum absolute atomic E-state index is 11.8. The Morgan fingerprint density at radius 2 is 2.05 bits per heavy atom. The molecular formula is C7H11N3O6S3. The van der Waals surface area contributed by atoms with Gasteiger partial charge in [-0.2, -0.15) is 0 Å². The summed E-state index contributed by atoms with van der Waals surface area (Å²) in [6.45, 7) is -0.171. The summed E-state index contributed by atoms with van der Waals surface area (Å²) in [4.78, 5) is 14.2. The molecule has 0 spiro atoms. The van der Waals surface area contributed by atoms with Crippen LogP contribution in [0, 0.1) is 0 Å². The van der Waals surface area contributed by atoms with Gasteiger partial charge in [0.2, 0.25) is 10.0 Å². The van der Waals surface area contributed by atoms with Crippen molar-refractivity contribution >= 4 is 37.4 Å². The molecule has 1 aromatic rings. The fourth-order valence-electron chi connectivity index (χ4n) is 1.11. The highest BCUT2D eigenvalue weighted by molar-refractivity contribution is 7.91. The number of aromatic carboxylic acids is 1. The lowest BCUT2D eigenvalue weighted by atomic mass is 10.5. The molecule has 108 valence electrons. The number of nitrogens with one attached hydrogen (secondary N) is 1. The van der Waals surface area contributed by atoms with Gasteiger partial charge in [0.15, 0.2) is 9.90 Å². The molecule has 0 saturated heterocycles. The molecule has 9 nitrogen and oxygen atoms in total. The van der Waals surface area contributed by atoms with E-state index < -0.39 is 35.9 Å². The number of rotatable bonds is 7. The number of hydrogen-bond acceptors (Lipinski definition) is 7. The van der Waals surface area contributed by atoms with Crippen LogP contribution in [0.25, 0.3) is 0 Å². The third kappa shape index (κ3) is 4.83. The minimum absolute atomic E-state index is 0.0146. The predicted molar refractivity (Wildman–Crippen MR) is 66.9 cm³/mol. The first-order chi connectivity index (χ1) is 8.63. The minimum atomic E-state index is -4.02. The van der Waals surface area contributed by atoms with Gasteiger partial charge >= 0.3 is 5.97 Å². The lowest BCUT2D eigenvalue weighted by Gasteiger charge is -2.04. The summed E-state index contributed by atoms with van der Waals surface area (Å²) < 4.78 is 46.5. The third-order valence-electron chi connectivity index (χ3n) is 1.88. The molecule has 0 aliphatic heterocycles. The Hall–Kier alpha value is -1.08. The summed E-state index contributed by atoms with van der Waals surface area (Å²) in [5.74, 6) is -1.82. The minimum Gasteiger partial charge on any atom is -0.476 e. The summed E-state index contributed by atoms with van der Waals surface area (Å²) in [5, 5.41) is 13.5. The van der Waals surface area contributed by atoms with E-state index in [2.05, 4.69) is 9.71 Å². The molecule has 0 bridgehead atoms. The number of carbonyl (C=O) groups is 1. The summed E-state index contributed by atoms with van der Waals surface area (Å²) in [6, 6.07) is 0. The van der Waals surface area contributed by atoms with E-state index in [1.54, 1.807) is 0 Å². The van der Waals surface area contributed by atoms with Crippen molar-refractivity contribution in [1.82, 2.24) is 9.71 Å². The van der Waals surface area contributed by atoms with Crippen LogP contribution in [0.15, 0.2) is 9.72 Å². The van der Waals surface area contributed by atoms with E-state index in [1.807, 2.05) is 0 Å². The molecule has 4 N–H and O–H groups in total. The lowest BCUT2D eigenvalue weighted by molar-refractivity contribution is 0.0687.